The van der Waals surface area contributed by atoms with E-state index in [-0.39, 0.29) is 5.75 Å². The van der Waals surface area contributed by atoms with E-state index in [1.165, 1.54) is 6.07 Å². The third kappa shape index (κ3) is 1.18. The maximum atomic E-state index is 13.3. The number of hydrogen-bond donors (Lipinski definition) is 2. The first-order chi connectivity index (χ1) is 6.20. The fourth-order valence-electron chi connectivity index (χ4n) is 1.43. The van der Waals surface area contributed by atoms with E-state index in [4.69, 9.17) is 10.5 Å². The quantitative estimate of drug-likeness (QED) is 0.598. The molecule has 70 valence electrons. The fraction of sp³-hybridized carbons (Fsp3) is 0.333. The molecular weight excluding hydrogens is 171 g/mol. The van der Waals surface area contributed by atoms with Crippen LogP contribution >= 0.6 is 0 Å². The third-order valence-electron chi connectivity index (χ3n) is 2.18. The number of halogens is 1. The topological polar surface area (TPSA) is 47.3 Å². The summed E-state index contributed by atoms with van der Waals surface area (Å²) in [5.74, 6) is -0.108. The molecule has 0 amide bonds. The molecular formula is C9H11FN2O. The van der Waals surface area contributed by atoms with Crippen molar-refractivity contribution in [1.82, 2.24) is 0 Å². The van der Waals surface area contributed by atoms with Gasteiger partial charge in [0.15, 0.2) is 11.6 Å². The van der Waals surface area contributed by atoms with Gasteiger partial charge in [-0.15, -0.1) is 0 Å². The summed E-state index contributed by atoms with van der Waals surface area (Å²) in [6.07, 6.45) is 0. The second-order valence-electron chi connectivity index (χ2n) is 3.05. The first-order valence-corrected chi connectivity index (χ1v) is 4.15. The molecule has 2 rings (SSSR count). The molecule has 1 heterocycles. The summed E-state index contributed by atoms with van der Waals surface area (Å²) in [6.45, 7) is 3.03. The van der Waals surface area contributed by atoms with Gasteiger partial charge in [-0.3, -0.25) is 0 Å². The zero-order chi connectivity index (χ0) is 9.42. The van der Waals surface area contributed by atoms with Gasteiger partial charge in [-0.05, 0) is 12.5 Å². The van der Waals surface area contributed by atoms with Gasteiger partial charge in [0.1, 0.15) is 6.61 Å². The van der Waals surface area contributed by atoms with Crippen LogP contribution in [-0.2, 0) is 0 Å². The van der Waals surface area contributed by atoms with Crippen molar-refractivity contribution < 1.29 is 9.13 Å². The Labute approximate surface area is 75.7 Å². The molecule has 0 aromatic heterocycles. The number of nitrogens with one attached hydrogen (secondary N) is 1. The number of ether oxygens (including phenoxy) is 1. The summed E-state index contributed by atoms with van der Waals surface area (Å²) in [5, 5.41) is 3.07. The minimum Gasteiger partial charge on any atom is -0.486 e. The lowest BCUT2D eigenvalue weighted by atomic mass is 10.1. The van der Waals surface area contributed by atoms with Gasteiger partial charge in [-0.1, -0.05) is 0 Å². The monoisotopic (exact) mass is 182 g/mol. The Morgan fingerprint density at radius 3 is 3.15 bits per heavy atom. The van der Waals surface area contributed by atoms with Gasteiger partial charge in [-0.2, -0.15) is 0 Å². The highest BCUT2D eigenvalue weighted by molar-refractivity contribution is 5.71. The summed E-state index contributed by atoms with van der Waals surface area (Å²) in [7, 11) is 0. The number of rotatable bonds is 0. The predicted octanol–water partition coefficient (Wildman–Crippen LogP) is 1.52. The lowest BCUT2D eigenvalue weighted by molar-refractivity contribution is 0.306. The zero-order valence-electron chi connectivity index (χ0n) is 7.36. The van der Waals surface area contributed by atoms with Crippen LogP contribution in [0.5, 0.6) is 5.75 Å². The summed E-state index contributed by atoms with van der Waals surface area (Å²) < 4.78 is 18.5. The van der Waals surface area contributed by atoms with E-state index < -0.39 is 5.82 Å². The Bertz CT molecular complexity index is 352. The molecule has 0 fully saturated rings. The number of nitrogens with two attached hydrogens (primary N) is 1. The molecule has 13 heavy (non-hydrogen) atoms. The van der Waals surface area contributed by atoms with Gasteiger partial charge < -0.3 is 15.8 Å². The molecule has 0 saturated heterocycles. The number of anilines is 2. The molecule has 0 radical (unpaired) electrons. The van der Waals surface area contributed by atoms with Crippen LogP contribution in [0, 0.1) is 12.7 Å². The van der Waals surface area contributed by atoms with Crippen LogP contribution in [-0.4, -0.2) is 13.2 Å². The average molecular weight is 182 g/mol. The number of nitrogen functional groups attached to an aromatic ring is 1. The highest BCUT2D eigenvalue weighted by Gasteiger charge is 2.18. The highest BCUT2D eigenvalue weighted by Crippen LogP contribution is 2.36. The Hall–Kier alpha value is -1.45. The van der Waals surface area contributed by atoms with E-state index in [2.05, 4.69) is 5.32 Å². The largest absolute Gasteiger partial charge is 0.486 e. The van der Waals surface area contributed by atoms with Crippen LogP contribution in [0.4, 0.5) is 15.8 Å². The second kappa shape index (κ2) is 2.80. The maximum Gasteiger partial charge on any atom is 0.178 e. The van der Waals surface area contributed by atoms with Gasteiger partial charge in [0.05, 0.1) is 5.69 Å². The third-order valence-corrected chi connectivity index (χ3v) is 2.18. The van der Waals surface area contributed by atoms with Gasteiger partial charge in [0, 0.05) is 18.3 Å². The highest BCUT2D eigenvalue weighted by atomic mass is 19.1. The van der Waals surface area contributed by atoms with Crippen LogP contribution in [0.3, 0.4) is 0 Å². The first kappa shape index (κ1) is 8.16. The van der Waals surface area contributed by atoms with Gasteiger partial charge >= 0.3 is 0 Å². The van der Waals surface area contributed by atoms with Crippen LogP contribution in [0.15, 0.2) is 6.07 Å². The van der Waals surface area contributed by atoms with Crippen molar-refractivity contribution in [1.29, 1.82) is 0 Å². The molecule has 0 unspecified atom stereocenters. The Morgan fingerprint density at radius 2 is 2.38 bits per heavy atom. The zero-order valence-corrected chi connectivity index (χ0v) is 7.36. The molecule has 1 aromatic rings. The molecule has 3 N–H and O–H groups in total. The van der Waals surface area contributed by atoms with E-state index in [0.717, 1.165) is 5.56 Å². The SMILES string of the molecule is Cc1c(N)cc(F)c2c1NCCO2. The van der Waals surface area contributed by atoms with Crippen LogP contribution in [0.1, 0.15) is 5.56 Å². The van der Waals surface area contributed by atoms with E-state index in [0.29, 0.717) is 24.5 Å². The van der Waals surface area contributed by atoms with Crippen LogP contribution < -0.4 is 15.8 Å². The maximum absolute atomic E-state index is 13.3. The molecule has 1 aliphatic heterocycles. The lowest BCUT2D eigenvalue weighted by Crippen LogP contribution is -2.20. The van der Waals surface area contributed by atoms with Gasteiger partial charge in [0.2, 0.25) is 0 Å². The summed E-state index contributed by atoms with van der Waals surface area (Å²) in [4.78, 5) is 0. The van der Waals surface area contributed by atoms with Crippen LogP contribution in [0.25, 0.3) is 0 Å². The smallest absolute Gasteiger partial charge is 0.178 e. The van der Waals surface area contributed by atoms with Crippen molar-refractivity contribution in [3.05, 3.63) is 17.4 Å². The molecule has 1 aliphatic rings. The molecule has 1 aromatic carbocycles. The molecule has 0 saturated carbocycles. The Morgan fingerprint density at radius 1 is 1.62 bits per heavy atom. The van der Waals surface area contributed by atoms with Crippen molar-refractivity contribution in [2.45, 2.75) is 6.92 Å². The first-order valence-electron chi connectivity index (χ1n) is 4.15. The minimum atomic E-state index is -0.398. The second-order valence-corrected chi connectivity index (χ2v) is 3.05. The minimum absolute atomic E-state index is 0.290. The van der Waals surface area contributed by atoms with E-state index >= 15 is 0 Å². The lowest BCUT2D eigenvalue weighted by Gasteiger charge is -2.22. The normalized spacial score (nSPS) is 14.3. The van der Waals surface area contributed by atoms with E-state index in [9.17, 15) is 4.39 Å². The van der Waals surface area contributed by atoms with E-state index in [1.54, 1.807) is 0 Å². The molecule has 0 bridgehead atoms. The Balaban J connectivity index is 2.63. The predicted molar refractivity (Wildman–Crippen MR) is 49.5 cm³/mol. The van der Waals surface area contributed by atoms with E-state index in [1.807, 2.05) is 6.92 Å². The van der Waals surface area contributed by atoms with Gasteiger partial charge in [-0.25, -0.2) is 4.39 Å². The molecule has 4 heteroatoms. The summed E-state index contributed by atoms with van der Waals surface area (Å²) >= 11 is 0. The number of fused-ring (bicyclic) bond motifs is 1. The van der Waals surface area contributed by atoms with Crippen molar-refractivity contribution in [3.63, 3.8) is 0 Å². The van der Waals surface area contributed by atoms with Crippen molar-refractivity contribution >= 4 is 11.4 Å². The van der Waals surface area contributed by atoms with Crippen molar-refractivity contribution in [3.8, 4) is 5.75 Å². The molecule has 0 aliphatic carbocycles. The van der Waals surface area contributed by atoms with Crippen molar-refractivity contribution in [2.75, 3.05) is 24.2 Å². The summed E-state index contributed by atoms with van der Waals surface area (Å²) in [6, 6.07) is 1.29. The molecule has 3 nitrogen and oxygen atoms in total. The number of hydrogen-bond acceptors (Lipinski definition) is 3. The Kier molecular flexibility index (Phi) is 1.76. The van der Waals surface area contributed by atoms with Crippen LogP contribution in [0.2, 0.25) is 0 Å². The molecule has 0 atom stereocenters. The fourth-order valence-corrected chi connectivity index (χ4v) is 1.43. The standard InChI is InChI=1S/C9H11FN2O/c1-5-7(11)4-6(10)9-8(5)12-2-3-13-9/h4,12H,2-3,11H2,1H3. The summed E-state index contributed by atoms with van der Waals surface area (Å²) in [5.41, 5.74) is 7.59. The van der Waals surface area contributed by atoms with Crippen molar-refractivity contribution in [2.24, 2.45) is 0 Å². The van der Waals surface area contributed by atoms with Gasteiger partial charge in [0.25, 0.3) is 0 Å². The average Bonchev–Trinajstić information content (AvgIpc) is 2.15. The number of benzene rings is 1. The molecule has 0 spiro atoms.